The van der Waals surface area contributed by atoms with Gasteiger partial charge in [0.25, 0.3) is 0 Å². The van der Waals surface area contributed by atoms with Crippen LogP contribution in [0.3, 0.4) is 0 Å². The molecule has 0 spiro atoms. The predicted molar refractivity (Wildman–Crippen MR) is 83.1 cm³/mol. The van der Waals surface area contributed by atoms with E-state index in [0.717, 1.165) is 11.8 Å². The lowest BCUT2D eigenvalue weighted by Crippen LogP contribution is -2.29. The maximum Gasteiger partial charge on any atom is 0.240 e. The van der Waals surface area contributed by atoms with Crippen molar-refractivity contribution in [2.24, 2.45) is 5.92 Å². The Bertz CT molecular complexity index is 635. The summed E-state index contributed by atoms with van der Waals surface area (Å²) in [6.45, 7) is 1.86. The van der Waals surface area contributed by atoms with Crippen molar-refractivity contribution in [2.75, 3.05) is 25.2 Å². The van der Waals surface area contributed by atoms with E-state index in [4.69, 9.17) is 5.11 Å². The molecule has 0 amide bonds. The number of hydrogen-bond acceptors (Lipinski definition) is 4. The van der Waals surface area contributed by atoms with Crippen molar-refractivity contribution in [1.29, 1.82) is 0 Å². The Morgan fingerprint density at radius 3 is 2.76 bits per heavy atom. The summed E-state index contributed by atoms with van der Waals surface area (Å²) in [5.74, 6) is 5.03. The zero-order chi connectivity index (χ0) is 15.9. The molecular formula is C14H18FNO3S2. The van der Waals surface area contributed by atoms with Crippen LogP contribution in [0.2, 0.25) is 0 Å². The fraction of sp³-hybridized carbons (Fsp3) is 0.429. The lowest BCUT2D eigenvalue weighted by atomic mass is 10.2. The van der Waals surface area contributed by atoms with Crippen LogP contribution in [0, 0.1) is 23.6 Å². The number of aliphatic hydroxyl groups excluding tert-OH is 1. The lowest BCUT2D eigenvalue weighted by molar-refractivity contribution is 0.350. The number of rotatable bonds is 6. The van der Waals surface area contributed by atoms with Gasteiger partial charge in [-0.3, -0.25) is 0 Å². The molecule has 2 N–H and O–H groups in total. The van der Waals surface area contributed by atoms with Gasteiger partial charge in [-0.1, -0.05) is 18.8 Å². The number of halogens is 1. The van der Waals surface area contributed by atoms with E-state index in [1.165, 1.54) is 12.1 Å². The molecular weight excluding hydrogens is 313 g/mol. The van der Waals surface area contributed by atoms with Crippen LogP contribution in [-0.4, -0.2) is 38.7 Å². The summed E-state index contributed by atoms with van der Waals surface area (Å²) in [6.07, 6.45) is 1.95. The van der Waals surface area contributed by atoms with Crippen LogP contribution in [0.4, 0.5) is 4.39 Å². The quantitative estimate of drug-likeness (QED) is 0.774. The Morgan fingerprint density at radius 2 is 2.19 bits per heavy atom. The topological polar surface area (TPSA) is 66.4 Å². The Kier molecular flexibility index (Phi) is 7.18. The molecule has 0 saturated carbocycles. The molecule has 0 aliphatic heterocycles. The van der Waals surface area contributed by atoms with Crippen molar-refractivity contribution in [2.45, 2.75) is 11.8 Å². The normalized spacial score (nSPS) is 12.6. The van der Waals surface area contributed by atoms with E-state index in [9.17, 15) is 12.8 Å². The molecule has 1 atom stereocenters. The second-order valence-corrected chi connectivity index (χ2v) is 7.19. The summed E-state index contributed by atoms with van der Waals surface area (Å²) in [5, 5.41) is 8.56. The molecule has 0 bridgehead atoms. The highest BCUT2D eigenvalue weighted by Gasteiger charge is 2.16. The fourth-order valence-electron chi connectivity index (χ4n) is 1.58. The molecule has 0 heterocycles. The first kappa shape index (κ1) is 18.0. The first-order valence-electron chi connectivity index (χ1n) is 6.28. The average Bonchev–Trinajstić information content (AvgIpc) is 2.44. The van der Waals surface area contributed by atoms with Crippen molar-refractivity contribution < 1.29 is 17.9 Å². The molecule has 21 heavy (non-hydrogen) atoms. The van der Waals surface area contributed by atoms with Crippen LogP contribution < -0.4 is 4.72 Å². The maximum atomic E-state index is 13.7. The highest BCUT2D eigenvalue weighted by atomic mass is 32.2. The fourth-order valence-corrected chi connectivity index (χ4v) is 3.44. The van der Waals surface area contributed by atoms with Crippen molar-refractivity contribution in [3.05, 3.63) is 29.6 Å². The van der Waals surface area contributed by atoms with Gasteiger partial charge in [0.1, 0.15) is 12.4 Å². The molecule has 0 fully saturated rings. The Balaban J connectivity index is 2.87. The molecule has 0 saturated heterocycles. The van der Waals surface area contributed by atoms with E-state index in [1.807, 2.05) is 13.2 Å². The van der Waals surface area contributed by atoms with Crippen LogP contribution in [0.1, 0.15) is 12.5 Å². The number of sulfonamides is 1. The number of benzene rings is 1. The molecule has 4 nitrogen and oxygen atoms in total. The van der Waals surface area contributed by atoms with Crippen LogP contribution in [0.15, 0.2) is 23.1 Å². The monoisotopic (exact) mass is 331 g/mol. The number of aliphatic hydroxyl groups is 1. The van der Waals surface area contributed by atoms with Crippen LogP contribution in [-0.2, 0) is 10.0 Å². The molecule has 1 aromatic rings. The predicted octanol–water partition coefficient (Wildman–Crippen LogP) is 1.45. The number of thioether (sulfide) groups is 1. The molecule has 0 radical (unpaired) electrons. The SMILES string of the molecule is CSCC(C)CNS(=O)(=O)c1ccc(C#CCO)c(F)c1. The molecule has 1 rings (SSSR count). The molecule has 1 aromatic carbocycles. The van der Waals surface area contributed by atoms with Crippen molar-refractivity contribution in [3.8, 4) is 11.8 Å². The van der Waals surface area contributed by atoms with E-state index in [-0.39, 0.29) is 23.0 Å². The largest absolute Gasteiger partial charge is 0.384 e. The van der Waals surface area contributed by atoms with Gasteiger partial charge >= 0.3 is 0 Å². The van der Waals surface area contributed by atoms with Crippen LogP contribution >= 0.6 is 11.8 Å². The summed E-state index contributed by atoms with van der Waals surface area (Å²) in [5.41, 5.74) is 0.0544. The molecule has 1 unspecified atom stereocenters. The third-order valence-electron chi connectivity index (χ3n) is 2.63. The Labute approximate surface area is 129 Å². The third kappa shape index (κ3) is 5.67. The van der Waals surface area contributed by atoms with Crippen LogP contribution in [0.25, 0.3) is 0 Å². The van der Waals surface area contributed by atoms with Gasteiger partial charge in [-0.25, -0.2) is 17.5 Å². The highest BCUT2D eigenvalue weighted by molar-refractivity contribution is 7.98. The standard InChI is InChI=1S/C14H18FNO3S2/c1-11(10-20-2)9-16-21(18,19)13-6-5-12(4-3-7-17)14(15)8-13/h5-6,8,11,16-17H,7,9-10H2,1-2H3. The van der Waals surface area contributed by atoms with Gasteiger partial charge in [-0.2, -0.15) is 11.8 Å². The summed E-state index contributed by atoms with van der Waals surface area (Å²) >= 11 is 1.64. The van der Waals surface area contributed by atoms with Gasteiger partial charge in [-0.05, 0) is 36.1 Å². The Morgan fingerprint density at radius 1 is 1.48 bits per heavy atom. The van der Waals surface area contributed by atoms with Crippen molar-refractivity contribution >= 4 is 21.8 Å². The molecule has 0 aromatic heterocycles. The van der Waals surface area contributed by atoms with Gasteiger partial charge in [0.05, 0.1) is 10.5 Å². The number of nitrogens with one attached hydrogen (secondary N) is 1. The maximum absolute atomic E-state index is 13.7. The van der Waals surface area contributed by atoms with E-state index in [2.05, 4.69) is 16.6 Å². The number of hydrogen-bond donors (Lipinski definition) is 2. The second kappa shape index (κ2) is 8.39. The van der Waals surface area contributed by atoms with E-state index in [1.54, 1.807) is 11.8 Å². The van der Waals surface area contributed by atoms with E-state index < -0.39 is 15.8 Å². The molecule has 0 aliphatic carbocycles. The molecule has 0 aliphatic rings. The van der Waals surface area contributed by atoms with Crippen molar-refractivity contribution in [3.63, 3.8) is 0 Å². The average molecular weight is 331 g/mol. The summed E-state index contributed by atoms with van der Waals surface area (Å²) in [6, 6.07) is 3.52. The van der Waals surface area contributed by atoms with Gasteiger partial charge in [0.2, 0.25) is 10.0 Å². The summed E-state index contributed by atoms with van der Waals surface area (Å²) in [4.78, 5) is -0.133. The molecule has 7 heteroatoms. The first-order valence-corrected chi connectivity index (χ1v) is 9.16. The first-order chi connectivity index (χ1) is 9.90. The second-order valence-electron chi connectivity index (χ2n) is 4.51. The van der Waals surface area contributed by atoms with Gasteiger partial charge < -0.3 is 5.11 Å². The summed E-state index contributed by atoms with van der Waals surface area (Å²) in [7, 11) is -3.73. The zero-order valence-corrected chi connectivity index (χ0v) is 13.5. The van der Waals surface area contributed by atoms with Gasteiger partial charge in [-0.15, -0.1) is 0 Å². The third-order valence-corrected chi connectivity index (χ3v) is 4.95. The highest BCUT2D eigenvalue weighted by Crippen LogP contribution is 2.15. The summed E-state index contributed by atoms with van der Waals surface area (Å²) < 4.78 is 40.3. The Hall–Kier alpha value is -1.07. The smallest absolute Gasteiger partial charge is 0.240 e. The van der Waals surface area contributed by atoms with E-state index >= 15 is 0 Å². The minimum absolute atomic E-state index is 0.0544. The van der Waals surface area contributed by atoms with Crippen molar-refractivity contribution in [1.82, 2.24) is 4.72 Å². The molecule has 116 valence electrons. The minimum atomic E-state index is -3.73. The van der Waals surface area contributed by atoms with E-state index in [0.29, 0.717) is 6.54 Å². The van der Waals surface area contributed by atoms with Gasteiger partial charge in [0, 0.05) is 6.54 Å². The minimum Gasteiger partial charge on any atom is -0.384 e. The lowest BCUT2D eigenvalue weighted by Gasteiger charge is -2.12. The van der Waals surface area contributed by atoms with Crippen LogP contribution in [0.5, 0.6) is 0 Å². The zero-order valence-electron chi connectivity index (χ0n) is 11.9. The van der Waals surface area contributed by atoms with Gasteiger partial charge in [0.15, 0.2) is 0 Å².